The van der Waals surface area contributed by atoms with Crippen molar-refractivity contribution in [3.63, 3.8) is 0 Å². The number of nitrogens with one attached hydrogen (secondary N) is 1. The highest BCUT2D eigenvalue weighted by Crippen LogP contribution is 2.20. The van der Waals surface area contributed by atoms with E-state index in [-0.39, 0.29) is 11.9 Å². The number of likely N-dealkylation sites (N-methyl/N-ethyl adjacent to an activating group) is 1. The summed E-state index contributed by atoms with van der Waals surface area (Å²) in [5.74, 6) is 0.285. The zero-order valence-corrected chi connectivity index (χ0v) is 10.5. The number of hydrogen-bond donors (Lipinski definition) is 1. The van der Waals surface area contributed by atoms with Gasteiger partial charge in [-0.3, -0.25) is 4.79 Å². The van der Waals surface area contributed by atoms with Crippen molar-refractivity contribution < 1.29 is 4.79 Å². The summed E-state index contributed by atoms with van der Waals surface area (Å²) < 4.78 is 0. The van der Waals surface area contributed by atoms with Crippen LogP contribution in [0.2, 0.25) is 0 Å². The third-order valence-electron chi connectivity index (χ3n) is 3.01. The zero-order valence-electron chi connectivity index (χ0n) is 10.5. The molecule has 0 radical (unpaired) electrons. The van der Waals surface area contributed by atoms with Gasteiger partial charge in [0.25, 0.3) is 0 Å². The predicted molar refractivity (Wildman–Crippen MR) is 62.7 cm³/mol. The maximum absolute atomic E-state index is 11.9. The second kappa shape index (κ2) is 4.97. The van der Waals surface area contributed by atoms with Crippen molar-refractivity contribution in [3.05, 3.63) is 0 Å². The third-order valence-corrected chi connectivity index (χ3v) is 3.01. The summed E-state index contributed by atoms with van der Waals surface area (Å²) >= 11 is 0. The van der Waals surface area contributed by atoms with Crippen molar-refractivity contribution in [2.45, 2.75) is 46.1 Å². The highest BCUT2D eigenvalue weighted by atomic mass is 16.2. The standard InChI is InChI=1S/C12H24N2O/c1-12(2,3)7-9-14-8-5-6-10(13-4)11(14)15/h10,13H,5-9H2,1-4H3. The largest absolute Gasteiger partial charge is 0.341 e. The van der Waals surface area contributed by atoms with Gasteiger partial charge in [-0.2, -0.15) is 0 Å². The summed E-state index contributed by atoms with van der Waals surface area (Å²) in [6, 6.07) is 0.0544. The maximum Gasteiger partial charge on any atom is 0.239 e. The number of carbonyl (C=O) groups excluding carboxylic acids is 1. The second-order valence-electron chi connectivity index (χ2n) is 5.62. The minimum absolute atomic E-state index is 0.0544. The monoisotopic (exact) mass is 212 g/mol. The molecule has 1 fully saturated rings. The average molecular weight is 212 g/mol. The number of carbonyl (C=O) groups is 1. The van der Waals surface area contributed by atoms with E-state index in [2.05, 4.69) is 26.1 Å². The van der Waals surface area contributed by atoms with Gasteiger partial charge in [0.15, 0.2) is 0 Å². The number of amides is 1. The van der Waals surface area contributed by atoms with Gasteiger partial charge in [0.1, 0.15) is 0 Å². The van der Waals surface area contributed by atoms with E-state index in [1.54, 1.807) is 0 Å². The van der Waals surface area contributed by atoms with Crippen LogP contribution in [0.3, 0.4) is 0 Å². The molecular weight excluding hydrogens is 188 g/mol. The summed E-state index contributed by atoms with van der Waals surface area (Å²) in [4.78, 5) is 13.9. The van der Waals surface area contributed by atoms with Crippen LogP contribution in [0, 0.1) is 5.41 Å². The lowest BCUT2D eigenvalue weighted by Gasteiger charge is -2.33. The molecule has 88 valence electrons. The number of rotatable bonds is 3. The van der Waals surface area contributed by atoms with E-state index in [9.17, 15) is 4.79 Å². The van der Waals surface area contributed by atoms with E-state index in [1.807, 2.05) is 11.9 Å². The van der Waals surface area contributed by atoms with Crippen LogP contribution in [0.25, 0.3) is 0 Å². The van der Waals surface area contributed by atoms with Crippen molar-refractivity contribution >= 4 is 5.91 Å². The normalized spacial score (nSPS) is 23.3. The smallest absolute Gasteiger partial charge is 0.239 e. The van der Waals surface area contributed by atoms with Crippen molar-refractivity contribution in [2.75, 3.05) is 20.1 Å². The number of likely N-dealkylation sites (tertiary alicyclic amines) is 1. The van der Waals surface area contributed by atoms with Gasteiger partial charge in [-0.15, -0.1) is 0 Å². The molecule has 1 amide bonds. The molecule has 0 aliphatic carbocycles. The molecule has 1 N–H and O–H groups in total. The lowest BCUT2D eigenvalue weighted by molar-refractivity contribution is -0.136. The minimum atomic E-state index is 0.0544. The van der Waals surface area contributed by atoms with Crippen LogP contribution in [0.15, 0.2) is 0 Å². The Bertz CT molecular complexity index is 220. The van der Waals surface area contributed by atoms with Crippen LogP contribution >= 0.6 is 0 Å². The van der Waals surface area contributed by atoms with Gasteiger partial charge in [0, 0.05) is 13.1 Å². The van der Waals surface area contributed by atoms with E-state index in [4.69, 9.17) is 0 Å². The first kappa shape index (κ1) is 12.5. The van der Waals surface area contributed by atoms with E-state index in [0.29, 0.717) is 5.41 Å². The van der Waals surface area contributed by atoms with Crippen LogP contribution < -0.4 is 5.32 Å². The van der Waals surface area contributed by atoms with Crippen LogP contribution in [-0.2, 0) is 4.79 Å². The fraction of sp³-hybridized carbons (Fsp3) is 0.917. The molecule has 1 heterocycles. The van der Waals surface area contributed by atoms with Crippen molar-refractivity contribution in [1.82, 2.24) is 10.2 Å². The fourth-order valence-electron chi connectivity index (χ4n) is 1.90. The molecule has 1 saturated heterocycles. The lowest BCUT2D eigenvalue weighted by Crippen LogP contribution is -2.50. The topological polar surface area (TPSA) is 32.3 Å². The van der Waals surface area contributed by atoms with Gasteiger partial charge in [-0.05, 0) is 31.7 Å². The summed E-state index contributed by atoms with van der Waals surface area (Å²) in [6.45, 7) is 8.50. The molecule has 1 unspecified atom stereocenters. The van der Waals surface area contributed by atoms with Gasteiger partial charge in [-0.1, -0.05) is 20.8 Å². The summed E-state index contributed by atoms with van der Waals surface area (Å²) in [7, 11) is 1.87. The number of hydrogen-bond acceptors (Lipinski definition) is 2. The van der Waals surface area contributed by atoms with Crippen molar-refractivity contribution in [2.24, 2.45) is 5.41 Å². The first-order valence-electron chi connectivity index (χ1n) is 5.90. The Labute approximate surface area is 93.2 Å². The van der Waals surface area contributed by atoms with E-state index < -0.39 is 0 Å². The third kappa shape index (κ3) is 3.82. The molecule has 0 aromatic rings. The maximum atomic E-state index is 11.9. The fourth-order valence-corrected chi connectivity index (χ4v) is 1.90. The van der Waals surface area contributed by atoms with Crippen LogP contribution in [-0.4, -0.2) is 37.0 Å². The van der Waals surface area contributed by atoms with Crippen LogP contribution in [0.1, 0.15) is 40.0 Å². The zero-order chi connectivity index (χ0) is 11.5. The molecule has 0 bridgehead atoms. The highest BCUT2D eigenvalue weighted by molar-refractivity contribution is 5.82. The molecule has 1 aliphatic heterocycles. The molecule has 0 spiro atoms. The molecule has 15 heavy (non-hydrogen) atoms. The quantitative estimate of drug-likeness (QED) is 0.771. The molecule has 0 saturated carbocycles. The molecule has 0 aromatic heterocycles. The predicted octanol–water partition coefficient (Wildman–Crippen LogP) is 1.63. The minimum Gasteiger partial charge on any atom is -0.341 e. The van der Waals surface area contributed by atoms with E-state index in [1.165, 1.54) is 0 Å². The molecule has 1 aliphatic rings. The lowest BCUT2D eigenvalue weighted by atomic mass is 9.91. The van der Waals surface area contributed by atoms with Gasteiger partial charge in [0.2, 0.25) is 5.91 Å². The second-order valence-corrected chi connectivity index (χ2v) is 5.62. The average Bonchev–Trinajstić information content (AvgIpc) is 2.15. The number of nitrogens with zero attached hydrogens (tertiary/aromatic N) is 1. The van der Waals surface area contributed by atoms with E-state index >= 15 is 0 Å². The van der Waals surface area contributed by atoms with Crippen LogP contribution in [0.4, 0.5) is 0 Å². The van der Waals surface area contributed by atoms with Crippen molar-refractivity contribution in [1.29, 1.82) is 0 Å². The molecule has 1 atom stereocenters. The number of piperidine rings is 1. The van der Waals surface area contributed by atoms with Crippen molar-refractivity contribution in [3.8, 4) is 0 Å². The first-order chi connectivity index (χ1) is 6.94. The Morgan fingerprint density at radius 2 is 2.13 bits per heavy atom. The van der Waals surface area contributed by atoms with Gasteiger partial charge < -0.3 is 10.2 Å². The Morgan fingerprint density at radius 1 is 1.47 bits per heavy atom. The molecule has 3 nitrogen and oxygen atoms in total. The Morgan fingerprint density at radius 3 is 2.67 bits per heavy atom. The molecule has 1 rings (SSSR count). The SMILES string of the molecule is CNC1CCCN(CCC(C)(C)C)C1=O. The van der Waals surface area contributed by atoms with E-state index in [0.717, 1.165) is 32.4 Å². The van der Waals surface area contributed by atoms with Gasteiger partial charge in [-0.25, -0.2) is 0 Å². The molecule has 0 aromatic carbocycles. The highest BCUT2D eigenvalue weighted by Gasteiger charge is 2.27. The molecule has 3 heteroatoms. The Kier molecular flexibility index (Phi) is 4.14. The summed E-state index contributed by atoms with van der Waals surface area (Å²) in [5, 5.41) is 3.09. The summed E-state index contributed by atoms with van der Waals surface area (Å²) in [5.41, 5.74) is 0.312. The molecular formula is C12H24N2O. The van der Waals surface area contributed by atoms with Gasteiger partial charge in [0.05, 0.1) is 6.04 Å². The van der Waals surface area contributed by atoms with Crippen LogP contribution in [0.5, 0.6) is 0 Å². The van der Waals surface area contributed by atoms with Gasteiger partial charge >= 0.3 is 0 Å². The Hall–Kier alpha value is -0.570. The first-order valence-corrected chi connectivity index (χ1v) is 5.90. The Balaban J connectivity index is 2.44. The summed E-state index contributed by atoms with van der Waals surface area (Å²) in [6.07, 6.45) is 3.19.